The van der Waals surface area contributed by atoms with Gasteiger partial charge in [-0.1, -0.05) is 24.6 Å². The van der Waals surface area contributed by atoms with Gasteiger partial charge in [-0.15, -0.1) is 0 Å². The zero-order chi connectivity index (χ0) is 31.8. The van der Waals surface area contributed by atoms with Crippen LogP contribution in [0, 0.1) is 5.41 Å². The third-order valence-electron chi connectivity index (χ3n) is 6.95. The Balaban J connectivity index is 1.96. The number of H-pyrrole nitrogens is 1. The van der Waals surface area contributed by atoms with Crippen LogP contribution in [0.5, 0.6) is 0 Å². The molecule has 0 saturated heterocycles. The molecule has 0 bridgehead atoms. The first kappa shape index (κ1) is 34.9. The fourth-order valence-corrected chi connectivity index (χ4v) is 4.54. The Morgan fingerprint density at radius 3 is 2.33 bits per heavy atom. The quantitative estimate of drug-likeness (QED) is 0.0520. The van der Waals surface area contributed by atoms with Crippen molar-refractivity contribution in [1.29, 1.82) is 5.41 Å². The average Bonchev–Trinajstić information content (AvgIpc) is 3.37. The van der Waals surface area contributed by atoms with Crippen molar-refractivity contribution in [3.63, 3.8) is 0 Å². The van der Waals surface area contributed by atoms with Gasteiger partial charge in [0.1, 0.15) is 6.04 Å². The fraction of sp³-hybridized carbons (Fsp3) is 0.517. The molecule has 0 aliphatic carbocycles. The van der Waals surface area contributed by atoms with Crippen molar-refractivity contribution >= 4 is 46.3 Å². The number of aromatic amines is 1. The van der Waals surface area contributed by atoms with E-state index in [0.717, 1.165) is 16.5 Å². The highest BCUT2D eigenvalue weighted by molar-refractivity contribution is 5.92. The fourth-order valence-electron chi connectivity index (χ4n) is 4.54. The summed E-state index contributed by atoms with van der Waals surface area (Å²) in [5.41, 5.74) is 13.2. The molecule has 2 aromatic rings. The number of aromatic nitrogens is 1. The molecule has 11 N–H and O–H groups in total. The van der Waals surface area contributed by atoms with Crippen LogP contribution in [-0.2, 0) is 30.4 Å². The molecule has 43 heavy (non-hydrogen) atoms. The van der Waals surface area contributed by atoms with Gasteiger partial charge in [-0.2, -0.15) is 0 Å². The van der Waals surface area contributed by atoms with Crippen LogP contribution < -0.4 is 27.4 Å². The van der Waals surface area contributed by atoms with E-state index in [1.807, 2.05) is 24.3 Å². The molecular weight excluding hydrogens is 558 g/mol. The van der Waals surface area contributed by atoms with Crippen LogP contribution >= 0.6 is 0 Å². The smallest absolute Gasteiger partial charge is 0.326 e. The monoisotopic (exact) mass is 601 g/mol. The molecule has 14 nitrogen and oxygen atoms in total. The lowest BCUT2D eigenvalue weighted by Crippen LogP contribution is -2.49. The summed E-state index contributed by atoms with van der Waals surface area (Å²) < 4.78 is 0. The number of benzene rings is 1. The molecule has 14 heteroatoms. The maximum absolute atomic E-state index is 13.3. The van der Waals surface area contributed by atoms with Gasteiger partial charge in [0.05, 0.1) is 24.3 Å². The number of hydrogen-bond acceptors (Lipinski definition) is 8. The highest BCUT2D eigenvalue weighted by atomic mass is 16.4. The van der Waals surface area contributed by atoms with Gasteiger partial charge in [-0.05, 0) is 43.9 Å². The lowest BCUT2D eigenvalue weighted by atomic mass is 9.97. The first-order chi connectivity index (χ1) is 20.5. The molecule has 1 aromatic heterocycles. The predicted molar refractivity (Wildman–Crippen MR) is 160 cm³/mol. The van der Waals surface area contributed by atoms with Crippen LogP contribution in [-0.4, -0.2) is 81.8 Å². The van der Waals surface area contributed by atoms with E-state index < -0.39 is 48.3 Å². The Labute approximate surface area is 249 Å². The second kappa shape index (κ2) is 18.3. The van der Waals surface area contributed by atoms with Gasteiger partial charge < -0.3 is 42.6 Å². The van der Waals surface area contributed by atoms with Gasteiger partial charge in [0.25, 0.3) is 0 Å². The van der Waals surface area contributed by atoms with Crippen LogP contribution in [0.25, 0.3) is 10.9 Å². The number of carbonyl (C=O) groups is 5. The minimum Gasteiger partial charge on any atom is -0.481 e. The first-order valence-corrected chi connectivity index (χ1v) is 14.4. The summed E-state index contributed by atoms with van der Waals surface area (Å²) in [5.74, 6) is -3.66. The molecule has 0 aliphatic heterocycles. The Morgan fingerprint density at radius 1 is 0.884 bits per heavy atom. The highest BCUT2D eigenvalue weighted by Gasteiger charge is 2.25. The molecule has 3 atom stereocenters. The molecule has 0 radical (unpaired) electrons. The van der Waals surface area contributed by atoms with Crippen molar-refractivity contribution in [2.45, 2.75) is 82.3 Å². The van der Waals surface area contributed by atoms with Gasteiger partial charge in [0.15, 0.2) is 5.78 Å². The van der Waals surface area contributed by atoms with Gasteiger partial charge in [0, 0.05) is 49.3 Å². The summed E-state index contributed by atoms with van der Waals surface area (Å²) >= 11 is 0. The lowest BCUT2D eigenvalue weighted by Gasteiger charge is -2.21. The lowest BCUT2D eigenvalue weighted by molar-refractivity contribution is -0.142. The standard InChI is InChI=1S/C29H43N7O7/c30-20(7-5-14-33-15-13-25(31)32)28(41)36-23(16-18-17-34-21-8-2-1-6-19(18)21)24(37)10-4-3-9-22(29(42)43)35-26(38)11-12-27(39)40/h1-2,6,8,17,20,22-23,33-34H,3-5,7,9-16,30H2,(H3,31,32)(H,35,38)(H,36,41)(H,39,40)(H,42,43)/t20-,22+,23+/m0/s1. The normalized spacial score (nSPS) is 13.1. The van der Waals surface area contributed by atoms with E-state index >= 15 is 0 Å². The number of carboxylic acid groups (broad SMARTS) is 2. The van der Waals surface area contributed by atoms with E-state index in [9.17, 15) is 29.1 Å². The third-order valence-corrected chi connectivity index (χ3v) is 6.95. The zero-order valence-corrected chi connectivity index (χ0v) is 24.2. The molecule has 0 unspecified atom stereocenters. The number of amidine groups is 1. The number of fused-ring (bicyclic) bond motifs is 1. The number of amides is 2. The number of ketones is 1. The maximum atomic E-state index is 13.3. The minimum absolute atomic E-state index is 0.0617. The van der Waals surface area contributed by atoms with Crippen LogP contribution in [0.3, 0.4) is 0 Å². The number of para-hydroxylation sites is 1. The van der Waals surface area contributed by atoms with Gasteiger partial charge in [-0.25, -0.2) is 4.79 Å². The van der Waals surface area contributed by atoms with Crippen molar-refractivity contribution in [3.8, 4) is 0 Å². The summed E-state index contributed by atoms with van der Waals surface area (Å²) in [6.07, 6.45) is 3.52. The van der Waals surface area contributed by atoms with E-state index in [0.29, 0.717) is 45.2 Å². The summed E-state index contributed by atoms with van der Waals surface area (Å²) in [6.45, 7) is 1.16. The number of hydrogen-bond donors (Lipinski definition) is 9. The molecule has 0 aliphatic rings. The number of carbonyl (C=O) groups excluding carboxylic acids is 3. The summed E-state index contributed by atoms with van der Waals surface area (Å²) in [6, 6.07) is 4.73. The summed E-state index contributed by atoms with van der Waals surface area (Å²) in [7, 11) is 0. The highest BCUT2D eigenvalue weighted by Crippen LogP contribution is 2.20. The largest absolute Gasteiger partial charge is 0.481 e. The molecule has 2 rings (SSSR count). The van der Waals surface area contributed by atoms with Gasteiger partial charge in [-0.3, -0.25) is 24.6 Å². The number of nitrogens with two attached hydrogens (primary N) is 2. The molecule has 1 aromatic carbocycles. The minimum atomic E-state index is -1.25. The van der Waals surface area contributed by atoms with Crippen LogP contribution in [0.4, 0.5) is 0 Å². The Bertz CT molecular complexity index is 1260. The summed E-state index contributed by atoms with van der Waals surface area (Å²) in [4.78, 5) is 63.5. The van der Waals surface area contributed by atoms with Crippen molar-refractivity contribution in [3.05, 3.63) is 36.0 Å². The number of Topliss-reactive ketones (excluding diaryl/α,β-unsaturated/α-hetero) is 1. The topological polar surface area (TPSA) is 254 Å². The van der Waals surface area contributed by atoms with Crippen molar-refractivity contribution in [2.75, 3.05) is 13.1 Å². The van der Waals surface area contributed by atoms with E-state index in [-0.39, 0.29) is 37.3 Å². The number of nitrogens with one attached hydrogen (secondary N) is 5. The average molecular weight is 602 g/mol. The molecular formula is C29H43N7O7. The number of unbranched alkanes of at least 4 members (excludes halogenated alkanes) is 1. The molecule has 1 heterocycles. The van der Waals surface area contributed by atoms with Crippen molar-refractivity contribution in [1.82, 2.24) is 20.9 Å². The van der Waals surface area contributed by atoms with Gasteiger partial charge in [0.2, 0.25) is 11.8 Å². The third kappa shape index (κ3) is 13.0. The molecule has 2 amide bonds. The Morgan fingerprint density at radius 2 is 1.63 bits per heavy atom. The van der Waals surface area contributed by atoms with Gasteiger partial charge >= 0.3 is 11.9 Å². The number of rotatable bonds is 22. The Kier molecular flexibility index (Phi) is 14.8. The van der Waals surface area contributed by atoms with E-state index in [2.05, 4.69) is 20.9 Å². The van der Waals surface area contributed by atoms with Crippen LogP contribution in [0.15, 0.2) is 30.5 Å². The summed E-state index contributed by atoms with van der Waals surface area (Å²) in [5, 5.41) is 34.6. The number of carboxylic acids is 2. The number of aliphatic carboxylic acids is 2. The zero-order valence-electron chi connectivity index (χ0n) is 24.2. The first-order valence-electron chi connectivity index (χ1n) is 14.4. The second-order valence-corrected chi connectivity index (χ2v) is 10.5. The second-order valence-electron chi connectivity index (χ2n) is 10.5. The van der Waals surface area contributed by atoms with E-state index in [1.165, 1.54) is 0 Å². The predicted octanol–water partition coefficient (Wildman–Crippen LogP) is 0.782. The van der Waals surface area contributed by atoms with Crippen molar-refractivity contribution < 1.29 is 34.2 Å². The van der Waals surface area contributed by atoms with E-state index in [4.69, 9.17) is 22.0 Å². The van der Waals surface area contributed by atoms with Crippen LogP contribution in [0.2, 0.25) is 0 Å². The molecule has 236 valence electrons. The van der Waals surface area contributed by atoms with Crippen molar-refractivity contribution in [2.24, 2.45) is 11.5 Å². The molecule has 0 spiro atoms. The molecule has 0 fully saturated rings. The Hall–Kier alpha value is -4.30. The molecule has 0 saturated carbocycles. The van der Waals surface area contributed by atoms with Crippen LogP contribution in [0.1, 0.15) is 63.4 Å². The SMILES string of the molecule is N=C(N)CCNCCC[C@H](N)C(=O)N[C@H](Cc1c[nH]c2ccccc12)C(=O)CCCC[C@@H](NC(=O)CCC(=O)O)C(=O)O. The maximum Gasteiger partial charge on any atom is 0.326 e. The van der Waals surface area contributed by atoms with E-state index in [1.54, 1.807) is 6.20 Å².